The Morgan fingerprint density at radius 2 is 1.75 bits per heavy atom. The lowest BCUT2D eigenvalue weighted by molar-refractivity contribution is -0.125. The number of benzene rings is 3. The number of amides is 2. The van der Waals surface area contributed by atoms with E-state index in [1.54, 1.807) is 48.2 Å². The van der Waals surface area contributed by atoms with E-state index in [-0.39, 0.29) is 18.6 Å². The van der Waals surface area contributed by atoms with Crippen LogP contribution in [0.4, 0.5) is 11.4 Å². The monoisotopic (exact) mass is 430 g/mol. The topological polar surface area (TPSA) is 77.1 Å². The van der Waals surface area contributed by atoms with Crippen LogP contribution in [0.5, 0.6) is 17.2 Å². The number of nitrogens with one attached hydrogen (secondary N) is 1. The van der Waals surface area contributed by atoms with Crippen LogP contribution in [0.25, 0.3) is 0 Å². The van der Waals surface area contributed by atoms with Gasteiger partial charge in [0.05, 0.1) is 12.2 Å². The van der Waals surface area contributed by atoms with Gasteiger partial charge >= 0.3 is 0 Å². The number of rotatable bonds is 4. The number of hydrogen-bond donors (Lipinski definition) is 1. The molecule has 3 aromatic carbocycles. The number of aryl methyl sites for hydroxylation is 1. The Hall–Kier alpha value is -4.00. The first-order chi connectivity index (χ1) is 15.5. The van der Waals surface area contributed by atoms with Crippen molar-refractivity contribution in [3.05, 3.63) is 77.4 Å². The largest absolute Gasteiger partial charge is 0.479 e. The van der Waals surface area contributed by atoms with Crippen molar-refractivity contribution in [2.45, 2.75) is 26.5 Å². The van der Waals surface area contributed by atoms with Gasteiger partial charge in [0.2, 0.25) is 6.79 Å². The summed E-state index contributed by atoms with van der Waals surface area (Å²) >= 11 is 0. The molecule has 2 amide bonds. The van der Waals surface area contributed by atoms with Crippen molar-refractivity contribution in [3.63, 3.8) is 0 Å². The fraction of sp³-hybridized carbons (Fsp3) is 0.200. The smallest absolute Gasteiger partial charge is 0.268 e. The predicted octanol–water partition coefficient (Wildman–Crippen LogP) is 4.29. The Balaban J connectivity index is 1.41. The number of anilines is 2. The first kappa shape index (κ1) is 19.9. The number of nitrogens with zero attached hydrogens (tertiary/aromatic N) is 1. The molecule has 0 aromatic heterocycles. The molecule has 2 aliphatic heterocycles. The molecule has 2 aliphatic rings. The zero-order valence-electron chi connectivity index (χ0n) is 17.8. The molecular weight excluding hydrogens is 408 g/mol. The normalized spacial score (nSPS) is 16.4. The van der Waals surface area contributed by atoms with E-state index in [9.17, 15) is 9.59 Å². The lowest BCUT2D eigenvalue weighted by Crippen LogP contribution is -2.44. The maximum absolute atomic E-state index is 12.9. The molecule has 1 unspecified atom stereocenters. The van der Waals surface area contributed by atoms with Gasteiger partial charge in [0, 0.05) is 11.3 Å². The number of carbonyl (C=O) groups is 2. The SMILES string of the molecule is Cc1ccc(CN2C(=O)C(C)Oc3ccc(NC(=O)c4ccc5c(c4)OCO5)cc32)cc1. The van der Waals surface area contributed by atoms with Gasteiger partial charge in [-0.15, -0.1) is 0 Å². The van der Waals surface area contributed by atoms with Crippen LogP contribution < -0.4 is 24.4 Å². The molecule has 0 spiro atoms. The molecule has 0 fully saturated rings. The van der Waals surface area contributed by atoms with E-state index < -0.39 is 6.10 Å². The van der Waals surface area contributed by atoms with Gasteiger partial charge < -0.3 is 24.4 Å². The summed E-state index contributed by atoms with van der Waals surface area (Å²) in [5.41, 5.74) is 3.80. The van der Waals surface area contributed by atoms with Gasteiger partial charge in [-0.3, -0.25) is 9.59 Å². The molecule has 7 nitrogen and oxygen atoms in total. The van der Waals surface area contributed by atoms with Gasteiger partial charge in [-0.25, -0.2) is 0 Å². The molecule has 2 heterocycles. The minimum absolute atomic E-state index is 0.127. The van der Waals surface area contributed by atoms with E-state index in [2.05, 4.69) is 5.32 Å². The third kappa shape index (κ3) is 3.73. The molecule has 32 heavy (non-hydrogen) atoms. The lowest BCUT2D eigenvalue weighted by Gasteiger charge is -2.33. The highest BCUT2D eigenvalue weighted by Crippen LogP contribution is 2.38. The third-order valence-electron chi connectivity index (χ3n) is 5.52. The molecule has 7 heteroatoms. The van der Waals surface area contributed by atoms with Crippen LogP contribution in [-0.4, -0.2) is 24.7 Å². The fourth-order valence-corrected chi connectivity index (χ4v) is 3.76. The van der Waals surface area contributed by atoms with Crippen LogP contribution in [0.1, 0.15) is 28.4 Å². The summed E-state index contributed by atoms with van der Waals surface area (Å²) in [7, 11) is 0. The summed E-state index contributed by atoms with van der Waals surface area (Å²) in [5.74, 6) is 1.35. The van der Waals surface area contributed by atoms with E-state index in [4.69, 9.17) is 14.2 Å². The van der Waals surface area contributed by atoms with Gasteiger partial charge in [-0.2, -0.15) is 0 Å². The Morgan fingerprint density at radius 3 is 2.56 bits per heavy atom. The summed E-state index contributed by atoms with van der Waals surface area (Å²) in [6, 6.07) is 18.4. The standard InChI is InChI=1S/C25H22N2O5/c1-15-3-5-17(6-4-15)13-27-20-12-19(8-10-21(20)32-16(2)25(27)29)26-24(28)18-7-9-22-23(11-18)31-14-30-22/h3-12,16H,13-14H2,1-2H3,(H,26,28). The number of hydrogen-bond acceptors (Lipinski definition) is 5. The summed E-state index contributed by atoms with van der Waals surface area (Å²) in [6.07, 6.45) is -0.581. The van der Waals surface area contributed by atoms with E-state index >= 15 is 0 Å². The molecule has 3 aromatic rings. The van der Waals surface area contributed by atoms with Crippen LogP contribution >= 0.6 is 0 Å². The zero-order chi connectivity index (χ0) is 22.2. The van der Waals surface area contributed by atoms with Gasteiger partial charge in [0.1, 0.15) is 5.75 Å². The van der Waals surface area contributed by atoms with Crippen LogP contribution in [0.3, 0.4) is 0 Å². The maximum atomic E-state index is 12.9. The van der Waals surface area contributed by atoms with Crippen LogP contribution in [-0.2, 0) is 11.3 Å². The Labute approximate surface area is 185 Å². The fourth-order valence-electron chi connectivity index (χ4n) is 3.76. The first-order valence-electron chi connectivity index (χ1n) is 10.4. The maximum Gasteiger partial charge on any atom is 0.268 e. The number of carbonyl (C=O) groups excluding carboxylic acids is 2. The Bertz CT molecular complexity index is 1210. The molecular formula is C25H22N2O5. The van der Waals surface area contributed by atoms with E-state index in [0.717, 1.165) is 11.1 Å². The highest BCUT2D eigenvalue weighted by atomic mass is 16.7. The van der Waals surface area contributed by atoms with Crippen molar-refractivity contribution in [2.24, 2.45) is 0 Å². The van der Waals surface area contributed by atoms with Crippen molar-refractivity contribution >= 4 is 23.2 Å². The molecule has 0 saturated carbocycles. The van der Waals surface area contributed by atoms with Gasteiger partial charge in [-0.1, -0.05) is 29.8 Å². The molecule has 5 rings (SSSR count). The Kier molecular flexibility index (Phi) is 4.93. The highest BCUT2D eigenvalue weighted by molar-refractivity contribution is 6.06. The number of fused-ring (bicyclic) bond motifs is 2. The predicted molar refractivity (Wildman–Crippen MR) is 119 cm³/mol. The lowest BCUT2D eigenvalue weighted by atomic mass is 10.1. The van der Waals surface area contributed by atoms with Crippen molar-refractivity contribution in [3.8, 4) is 17.2 Å². The van der Waals surface area contributed by atoms with Gasteiger partial charge in [0.25, 0.3) is 11.8 Å². The van der Waals surface area contributed by atoms with E-state index in [1.807, 2.05) is 31.2 Å². The summed E-state index contributed by atoms with van der Waals surface area (Å²) < 4.78 is 16.4. The second-order valence-electron chi connectivity index (χ2n) is 7.87. The quantitative estimate of drug-likeness (QED) is 0.668. The molecule has 162 valence electrons. The van der Waals surface area contributed by atoms with Crippen molar-refractivity contribution in [1.29, 1.82) is 0 Å². The molecule has 1 N–H and O–H groups in total. The molecule has 0 radical (unpaired) electrons. The van der Waals surface area contributed by atoms with E-state index in [1.165, 1.54) is 0 Å². The third-order valence-corrected chi connectivity index (χ3v) is 5.52. The van der Waals surface area contributed by atoms with Crippen LogP contribution in [0.15, 0.2) is 60.7 Å². The van der Waals surface area contributed by atoms with Gasteiger partial charge in [0.15, 0.2) is 17.6 Å². The first-order valence-corrected chi connectivity index (χ1v) is 10.4. The second kappa shape index (κ2) is 7.92. The molecule has 0 bridgehead atoms. The summed E-state index contributed by atoms with van der Waals surface area (Å²) in [6.45, 7) is 4.33. The minimum Gasteiger partial charge on any atom is -0.479 e. The van der Waals surface area contributed by atoms with Crippen LogP contribution in [0, 0.1) is 6.92 Å². The van der Waals surface area contributed by atoms with Crippen molar-refractivity contribution in [2.75, 3.05) is 17.0 Å². The van der Waals surface area contributed by atoms with Crippen molar-refractivity contribution in [1.82, 2.24) is 0 Å². The molecule has 0 saturated heterocycles. The number of ether oxygens (including phenoxy) is 3. The van der Waals surface area contributed by atoms with Crippen molar-refractivity contribution < 1.29 is 23.8 Å². The summed E-state index contributed by atoms with van der Waals surface area (Å²) in [5, 5.41) is 2.89. The molecule has 0 aliphatic carbocycles. The second-order valence-corrected chi connectivity index (χ2v) is 7.87. The Morgan fingerprint density at radius 1 is 1.00 bits per heavy atom. The zero-order valence-corrected chi connectivity index (χ0v) is 17.8. The summed E-state index contributed by atoms with van der Waals surface area (Å²) in [4.78, 5) is 27.4. The van der Waals surface area contributed by atoms with Gasteiger partial charge in [-0.05, 0) is 55.8 Å². The van der Waals surface area contributed by atoms with Crippen LogP contribution in [0.2, 0.25) is 0 Å². The average Bonchev–Trinajstić information content (AvgIpc) is 3.26. The minimum atomic E-state index is -0.581. The van der Waals surface area contributed by atoms with E-state index in [0.29, 0.717) is 40.7 Å². The molecule has 1 atom stereocenters. The highest BCUT2D eigenvalue weighted by Gasteiger charge is 2.32. The average molecular weight is 430 g/mol.